The standard InChI is InChI=1S/C14H14BrClN2/c1-3-4-5-11(8-17)13(15)7-12-9-18-14(16)6-10(12)2/h5-7,9H,3-4H2,1-2H3/b11-5+,13-7+. The van der Waals surface area contributed by atoms with Gasteiger partial charge in [0, 0.05) is 10.7 Å². The number of hydrogen-bond acceptors (Lipinski definition) is 2. The van der Waals surface area contributed by atoms with E-state index >= 15 is 0 Å². The molecule has 18 heavy (non-hydrogen) atoms. The Labute approximate surface area is 121 Å². The molecule has 0 fully saturated rings. The number of nitrogens with zero attached hydrogens (tertiary/aromatic N) is 2. The lowest BCUT2D eigenvalue weighted by Crippen LogP contribution is -1.86. The number of nitriles is 1. The summed E-state index contributed by atoms with van der Waals surface area (Å²) in [7, 11) is 0. The SMILES string of the molecule is CCC/C=C(C#N)/C(Br)=C\c1cnc(Cl)cc1C. The quantitative estimate of drug-likeness (QED) is 0.442. The molecule has 0 atom stereocenters. The van der Waals surface area contributed by atoms with Gasteiger partial charge >= 0.3 is 0 Å². The van der Waals surface area contributed by atoms with Crippen LogP contribution in [0.4, 0.5) is 0 Å². The van der Waals surface area contributed by atoms with Gasteiger partial charge in [0.25, 0.3) is 0 Å². The summed E-state index contributed by atoms with van der Waals surface area (Å²) < 4.78 is 0.769. The zero-order valence-electron chi connectivity index (χ0n) is 10.4. The fourth-order valence-electron chi connectivity index (χ4n) is 1.38. The van der Waals surface area contributed by atoms with Gasteiger partial charge < -0.3 is 0 Å². The highest BCUT2D eigenvalue weighted by atomic mass is 79.9. The Morgan fingerprint density at radius 1 is 1.61 bits per heavy atom. The smallest absolute Gasteiger partial charge is 0.129 e. The predicted octanol–water partition coefficient (Wildman–Crippen LogP) is 5.03. The van der Waals surface area contributed by atoms with Crippen LogP contribution in [0.25, 0.3) is 6.08 Å². The van der Waals surface area contributed by atoms with Crippen LogP contribution in [0.5, 0.6) is 0 Å². The van der Waals surface area contributed by atoms with E-state index in [-0.39, 0.29) is 0 Å². The second kappa shape index (κ2) is 7.35. The van der Waals surface area contributed by atoms with Crippen molar-refractivity contribution in [3.05, 3.63) is 44.7 Å². The van der Waals surface area contributed by atoms with Gasteiger partial charge in [0.2, 0.25) is 0 Å². The molecule has 94 valence electrons. The molecule has 1 aromatic heterocycles. The van der Waals surface area contributed by atoms with Gasteiger partial charge in [-0.2, -0.15) is 5.26 Å². The number of pyridine rings is 1. The first-order valence-electron chi connectivity index (χ1n) is 5.68. The Kier molecular flexibility index (Phi) is 6.11. The van der Waals surface area contributed by atoms with E-state index in [4.69, 9.17) is 16.9 Å². The van der Waals surface area contributed by atoms with Crippen LogP contribution < -0.4 is 0 Å². The van der Waals surface area contributed by atoms with Gasteiger partial charge in [0.1, 0.15) is 5.15 Å². The average molecular weight is 326 g/mol. The largest absolute Gasteiger partial charge is 0.244 e. The molecule has 0 saturated heterocycles. The van der Waals surface area contributed by atoms with Gasteiger partial charge in [-0.1, -0.05) is 31.0 Å². The first-order valence-corrected chi connectivity index (χ1v) is 6.85. The molecule has 0 aromatic carbocycles. The minimum absolute atomic E-state index is 0.475. The molecule has 1 aromatic rings. The van der Waals surface area contributed by atoms with Crippen molar-refractivity contribution in [2.75, 3.05) is 0 Å². The average Bonchev–Trinajstić information content (AvgIpc) is 2.34. The van der Waals surface area contributed by atoms with Crippen molar-refractivity contribution in [3.8, 4) is 6.07 Å². The van der Waals surface area contributed by atoms with Gasteiger partial charge in [-0.05, 0) is 52.5 Å². The Balaban J connectivity index is 3.05. The van der Waals surface area contributed by atoms with E-state index in [1.807, 2.05) is 19.1 Å². The normalized spacial score (nSPS) is 12.4. The number of halogens is 2. The summed E-state index contributed by atoms with van der Waals surface area (Å²) in [6.45, 7) is 4.04. The lowest BCUT2D eigenvalue weighted by Gasteiger charge is -2.02. The summed E-state index contributed by atoms with van der Waals surface area (Å²) >= 11 is 9.24. The van der Waals surface area contributed by atoms with Gasteiger partial charge in [-0.3, -0.25) is 0 Å². The molecule has 0 saturated carbocycles. The Hall–Kier alpha value is -1.11. The summed E-state index contributed by atoms with van der Waals surface area (Å²) in [5.41, 5.74) is 2.62. The van der Waals surface area contributed by atoms with Crippen molar-refractivity contribution < 1.29 is 0 Å². The van der Waals surface area contributed by atoms with Crippen molar-refractivity contribution in [1.29, 1.82) is 5.26 Å². The lowest BCUT2D eigenvalue weighted by molar-refractivity contribution is 0.955. The van der Waals surface area contributed by atoms with Crippen molar-refractivity contribution in [2.45, 2.75) is 26.7 Å². The number of unbranched alkanes of at least 4 members (excludes halogenated alkanes) is 1. The van der Waals surface area contributed by atoms with E-state index in [0.717, 1.165) is 28.5 Å². The van der Waals surface area contributed by atoms with E-state index in [2.05, 4.69) is 33.9 Å². The third kappa shape index (κ3) is 4.29. The predicted molar refractivity (Wildman–Crippen MR) is 79.5 cm³/mol. The van der Waals surface area contributed by atoms with Crippen molar-refractivity contribution >= 4 is 33.6 Å². The molecular formula is C14H14BrClN2. The molecular weight excluding hydrogens is 312 g/mol. The molecule has 0 amide bonds. The first kappa shape index (κ1) is 14.9. The maximum absolute atomic E-state index is 9.09. The van der Waals surface area contributed by atoms with E-state index in [9.17, 15) is 0 Å². The third-order valence-corrected chi connectivity index (χ3v) is 3.28. The molecule has 1 heterocycles. The molecule has 0 radical (unpaired) electrons. The molecule has 2 nitrogen and oxygen atoms in total. The highest BCUT2D eigenvalue weighted by Crippen LogP contribution is 2.23. The fourth-order valence-corrected chi connectivity index (χ4v) is 2.09. The van der Waals surface area contributed by atoms with Gasteiger partial charge in [0.15, 0.2) is 0 Å². The van der Waals surface area contributed by atoms with Gasteiger partial charge in [0.05, 0.1) is 11.6 Å². The van der Waals surface area contributed by atoms with E-state index < -0.39 is 0 Å². The topological polar surface area (TPSA) is 36.7 Å². The first-order chi connectivity index (χ1) is 8.58. The minimum atomic E-state index is 0.475. The summed E-state index contributed by atoms with van der Waals surface area (Å²) in [5.74, 6) is 0. The van der Waals surface area contributed by atoms with Crippen molar-refractivity contribution in [2.24, 2.45) is 0 Å². The zero-order valence-corrected chi connectivity index (χ0v) is 12.7. The molecule has 0 aliphatic rings. The summed E-state index contributed by atoms with van der Waals surface area (Å²) in [4.78, 5) is 4.04. The van der Waals surface area contributed by atoms with Crippen LogP contribution >= 0.6 is 27.5 Å². The van der Waals surface area contributed by atoms with Crippen LogP contribution in [0.2, 0.25) is 5.15 Å². The van der Waals surface area contributed by atoms with Crippen LogP contribution in [-0.2, 0) is 0 Å². The monoisotopic (exact) mass is 324 g/mol. The molecule has 0 N–H and O–H groups in total. The zero-order chi connectivity index (χ0) is 13.5. The Morgan fingerprint density at radius 3 is 2.89 bits per heavy atom. The fraction of sp³-hybridized carbons (Fsp3) is 0.286. The van der Waals surface area contributed by atoms with Crippen LogP contribution in [0.1, 0.15) is 30.9 Å². The second-order valence-corrected chi connectivity index (χ2v) is 5.12. The van der Waals surface area contributed by atoms with Crippen LogP contribution in [0.3, 0.4) is 0 Å². The van der Waals surface area contributed by atoms with Crippen LogP contribution in [0.15, 0.2) is 28.4 Å². The van der Waals surface area contributed by atoms with E-state index in [1.54, 1.807) is 12.3 Å². The molecule has 0 bridgehead atoms. The number of hydrogen-bond donors (Lipinski definition) is 0. The number of rotatable bonds is 4. The van der Waals surface area contributed by atoms with E-state index in [1.165, 1.54) is 0 Å². The molecule has 0 aliphatic heterocycles. The van der Waals surface area contributed by atoms with E-state index in [0.29, 0.717) is 10.7 Å². The Bertz CT molecular complexity index is 527. The molecule has 0 aliphatic carbocycles. The summed E-state index contributed by atoms with van der Waals surface area (Å²) in [6, 6.07) is 3.99. The highest BCUT2D eigenvalue weighted by molar-refractivity contribution is 9.12. The second-order valence-electron chi connectivity index (χ2n) is 3.87. The highest BCUT2D eigenvalue weighted by Gasteiger charge is 2.03. The van der Waals surface area contributed by atoms with Crippen LogP contribution in [-0.4, -0.2) is 4.98 Å². The number of aryl methyl sites for hydroxylation is 1. The summed E-state index contributed by atoms with van der Waals surface area (Å²) in [5, 5.41) is 9.56. The number of aromatic nitrogens is 1. The molecule has 4 heteroatoms. The molecule has 0 spiro atoms. The van der Waals surface area contributed by atoms with Crippen molar-refractivity contribution in [1.82, 2.24) is 4.98 Å². The Morgan fingerprint density at radius 2 is 2.33 bits per heavy atom. The molecule has 1 rings (SSSR count). The van der Waals surface area contributed by atoms with Gasteiger partial charge in [-0.25, -0.2) is 4.98 Å². The lowest BCUT2D eigenvalue weighted by atomic mass is 10.1. The van der Waals surface area contributed by atoms with Crippen LogP contribution in [0, 0.1) is 18.3 Å². The number of allylic oxidation sites excluding steroid dienone is 3. The van der Waals surface area contributed by atoms with Gasteiger partial charge in [-0.15, -0.1) is 0 Å². The minimum Gasteiger partial charge on any atom is -0.244 e. The maximum Gasteiger partial charge on any atom is 0.129 e. The maximum atomic E-state index is 9.09. The third-order valence-electron chi connectivity index (χ3n) is 2.42. The summed E-state index contributed by atoms with van der Waals surface area (Å²) in [6.07, 6.45) is 7.44. The van der Waals surface area contributed by atoms with Crippen molar-refractivity contribution in [3.63, 3.8) is 0 Å². The molecule has 0 unspecified atom stereocenters.